The third-order valence-corrected chi connectivity index (χ3v) is 3.06. The van der Waals surface area contributed by atoms with E-state index in [1.165, 1.54) is 18.2 Å². The van der Waals surface area contributed by atoms with Crippen molar-refractivity contribution in [3.8, 4) is 0 Å². The second-order valence-corrected chi connectivity index (χ2v) is 4.97. The molecule has 19 heavy (non-hydrogen) atoms. The largest absolute Gasteiger partial charge is 0.397 e. The molecule has 0 saturated carbocycles. The molecule has 0 saturated heterocycles. The fourth-order valence-electron chi connectivity index (χ4n) is 1.69. The van der Waals surface area contributed by atoms with Gasteiger partial charge >= 0.3 is 0 Å². The van der Waals surface area contributed by atoms with Crippen molar-refractivity contribution in [1.82, 2.24) is 0 Å². The van der Waals surface area contributed by atoms with Crippen molar-refractivity contribution in [2.24, 2.45) is 0 Å². The van der Waals surface area contributed by atoms with Crippen LogP contribution in [0.15, 0.2) is 46.9 Å². The standard InChI is InChI=1S/C14H12BrFN2O/c15-10-4-1-3-9(7-10)8-13(19)18-14-11(16)5-2-6-12(14)17/h1-7H,8,17H2,(H,18,19). The lowest BCUT2D eigenvalue weighted by Gasteiger charge is -2.09. The molecule has 2 aromatic carbocycles. The molecule has 0 aliphatic heterocycles. The summed E-state index contributed by atoms with van der Waals surface area (Å²) < 4.78 is 14.4. The van der Waals surface area contributed by atoms with Gasteiger partial charge in [0.1, 0.15) is 11.5 Å². The van der Waals surface area contributed by atoms with Crippen LogP contribution in [0.2, 0.25) is 0 Å². The third kappa shape index (κ3) is 3.54. The van der Waals surface area contributed by atoms with Gasteiger partial charge in [-0.25, -0.2) is 4.39 Å². The van der Waals surface area contributed by atoms with Gasteiger partial charge in [-0.2, -0.15) is 0 Å². The molecule has 0 unspecified atom stereocenters. The zero-order valence-electron chi connectivity index (χ0n) is 9.99. The molecule has 5 heteroatoms. The number of amides is 1. The summed E-state index contributed by atoms with van der Waals surface area (Å²) in [6.07, 6.45) is 0.160. The van der Waals surface area contributed by atoms with Crippen molar-refractivity contribution < 1.29 is 9.18 Å². The van der Waals surface area contributed by atoms with Crippen LogP contribution >= 0.6 is 15.9 Å². The maximum Gasteiger partial charge on any atom is 0.228 e. The van der Waals surface area contributed by atoms with Crippen molar-refractivity contribution in [2.45, 2.75) is 6.42 Å². The number of hydrogen-bond acceptors (Lipinski definition) is 2. The van der Waals surface area contributed by atoms with Gasteiger partial charge in [-0.1, -0.05) is 34.1 Å². The van der Waals surface area contributed by atoms with Gasteiger partial charge in [-0.05, 0) is 29.8 Å². The summed E-state index contributed by atoms with van der Waals surface area (Å²) in [6.45, 7) is 0. The minimum atomic E-state index is -0.539. The fourth-order valence-corrected chi connectivity index (χ4v) is 2.14. The number of nitrogens with one attached hydrogen (secondary N) is 1. The highest BCUT2D eigenvalue weighted by Gasteiger charge is 2.10. The highest BCUT2D eigenvalue weighted by molar-refractivity contribution is 9.10. The molecule has 3 nitrogen and oxygen atoms in total. The van der Waals surface area contributed by atoms with E-state index < -0.39 is 5.82 Å². The van der Waals surface area contributed by atoms with E-state index >= 15 is 0 Å². The number of anilines is 2. The second kappa shape index (κ2) is 5.84. The average molecular weight is 323 g/mol. The van der Waals surface area contributed by atoms with Gasteiger partial charge in [0.2, 0.25) is 5.91 Å². The van der Waals surface area contributed by atoms with Crippen LogP contribution in [-0.4, -0.2) is 5.91 Å². The van der Waals surface area contributed by atoms with Crippen LogP contribution in [0, 0.1) is 5.82 Å². The quantitative estimate of drug-likeness (QED) is 0.851. The SMILES string of the molecule is Nc1cccc(F)c1NC(=O)Cc1cccc(Br)c1. The lowest BCUT2D eigenvalue weighted by atomic mass is 10.1. The Hall–Kier alpha value is -1.88. The molecule has 0 aliphatic carbocycles. The summed E-state index contributed by atoms with van der Waals surface area (Å²) >= 11 is 3.33. The molecule has 0 spiro atoms. The number of hydrogen-bond donors (Lipinski definition) is 2. The molecule has 0 aliphatic rings. The molecular weight excluding hydrogens is 311 g/mol. The Bertz CT molecular complexity index is 596. The number of carbonyl (C=O) groups excluding carboxylic acids is 1. The summed E-state index contributed by atoms with van der Waals surface area (Å²) in [5.41, 5.74) is 6.70. The molecular formula is C14H12BrFN2O. The lowest BCUT2D eigenvalue weighted by Crippen LogP contribution is -2.16. The number of rotatable bonds is 3. The number of carbonyl (C=O) groups is 1. The van der Waals surface area contributed by atoms with Gasteiger partial charge in [0.15, 0.2) is 0 Å². The Morgan fingerprint density at radius 2 is 2.00 bits per heavy atom. The minimum Gasteiger partial charge on any atom is -0.397 e. The van der Waals surface area contributed by atoms with Crippen molar-refractivity contribution in [2.75, 3.05) is 11.1 Å². The summed E-state index contributed by atoms with van der Waals surface area (Å²) in [5.74, 6) is -0.850. The first-order chi connectivity index (χ1) is 9.06. The third-order valence-electron chi connectivity index (χ3n) is 2.56. The van der Waals surface area contributed by atoms with Gasteiger partial charge in [-0.15, -0.1) is 0 Å². The molecule has 0 heterocycles. The number of para-hydroxylation sites is 1. The van der Waals surface area contributed by atoms with E-state index in [0.717, 1.165) is 10.0 Å². The Kier molecular flexibility index (Phi) is 4.16. The number of nitrogens with two attached hydrogens (primary N) is 1. The van der Waals surface area contributed by atoms with Crippen LogP contribution in [0.1, 0.15) is 5.56 Å². The van der Waals surface area contributed by atoms with Crippen molar-refractivity contribution in [3.63, 3.8) is 0 Å². The van der Waals surface area contributed by atoms with Crippen molar-refractivity contribution >= 4 is 33.2 Å². The summed E-state index contributed by atoms with van der Waals surface area (Å²) in [7, 11) is 0. The number of benzene rings is 2. The predicted octanol–water partition coefficient (Wildman–Crippen LogP) is 3.35. The van der Waals surface area contributed by atoms with Crippen molar-refractivity contribution in [3.05, 3.63) is 58.3 Å². The molecule has 3 N–H and O–H groups in total. The molecule has 0 atom stereocenters. The summed E-state index contributed by atoms with van der Waals surface area (Å²) in [5, 5.41) is 2.49. The van der Waals surface area contributed by atoms with Crippen LogP contribution in [0.4, 0.5) is 15.8 Å². The van der Waals surface area contributed by atoms with Gasteiger partial charge in [0.25, 0.3) is 0 Å². The van der Waals surface area contributed by atoms with Crippen LogP contribution in [0.3, 0.4) is 0 Å². The zero-order chi connectivity index (χ0) is 13.8. The Balaban J connectivity index is 2.10. The first kappa shape index (κ1) is 13.5. The Morgan fingerprint density at radius 1 is 1.26 bits per heavy atom. The van der Waals surface area contributed by atoms with Gasteiger partial charge in [0, 0.05) is 4.47 Å². The Labute approximate surface area is 118 Å². The second-order valence-electron chi connectivity index (χ2n) is 4.06. The van der Waals surface area contributed by atoms with E-state index in [0.29, 0.717) is 0 Å². The topological polar surface area (TPSA) is 55.1 Å². The average Bonchev–Trinajstić information content (AvgIpc) is 2.34. The van der Waals surface area contributed by atoms with E-state index in [1.54, 1.807) is 0 Å². The van der Waals surface area contributed by atoms with Crippen LogP contribution in [-0.2, 0) is 11.2 Å². The smallest absolute Gasteiger partial charge is 0.228 e. The maximum atomic E-state index is 13.5. The van der Waals surface area contributed by atoms with Crippen LogP contribution in [0.5, 0.6) is 0 Å². The highest BCUT2D eigenvalue weighted by Crippen LogP contribution is 2.22. The van der Waals surface area contributed by atoms with E-state index in [1.807, 2.05) is 24.3 Å². The van der Waals surface area contributed by atoms with Crippen LogP contribution in [0.25, 0.3) is 0 Å². The van der Waals surface area contributed by atoms with E-state index in [2.05, 4.69) is 21.2 Å². The van der Waals surface area contributed by atoms with E-state index in [9.17, 15) is 9.18 Å². The molecule has 0 radical (unpaired) electrons. The molecule has 1 amide bonds. The lowest BCUT2D eigenvalue weighted by molar-refractivity contribution is -0.115. The van der Waals surface area contributed by atoms with E-state index in [-0.39, 0.29) is 23.7 Å². The van der Waals surface area contributed by atoms with Crippen LogP contribution < -0.4 is 11.1 Å². The Morgan fingerprint density at radius 3 is 2.68 bits per heavy atom. The highest BCUT2D eigenvalue weighted by atomic mass is 79.9. The summed E-state index contributed by atoms with van der Waals surface area (Å²) in [4.78, 5) is 11.8. The predicted molar refractivity (Wildman–Crippen MR) is 77.3 cm³/mol. The monoisotopic (exact) mass is 322 g/mol. The normalized spacial score (nSPS) is 10.2. The van der Waals surface area contributed by atoms with Gasteiger partial charge < -0.3 is 11.1 Å². The molecule has 98 valence electrons. The molecule has 2 aromatic rings. The van der Waals surface area contributed by atoms with Gasteiger partial charge in [-0.3, -0.25) is 4.79 Å². The number of nitrogen functional groups attached to an aromatic ring is 1. The van der Waals surface area contributed by atoms with Gasteiger partial charge in [0.05, 0.1) is 12.1 Å². The summed E-state index contributed by atoms with van der Waals surface area (Å²) in [6, 6.07) is 11.7. The minimum absolute atomic E-state index is 0.0301. The van der Waals surface area contributed by atoms with E-state index in [4.69, 9.17) is 5.73 Å². The molecule has 2 rings (SSSR count). The number of halogens is 2. The first-order valence-corrected chi connectivity index (χ1v) is 6.44. The van der Waals surface area contributed by atoms with Crippen molar-refractivity contribution in [1.29, 1.82) is 0 Å². The molecule has 0 fully saturated rings. The molecule has 0 aromatic heterocycles. The first-order valence-electron chi connectivity index (χ1n) is 5.64. The fraction of sp³-hybridized carbons (Fsp3) is 0.0714. The zero-order valence-corrected chi connectivity index (χ0v) is 11.6. The molecule has 0 bridgehead atoms. The maximum absolute atomic E-state index is 13.5.